The lowest BCUT2D eigenvalue weighted by Gasteiger charge is -2.40. The van der Waals surface area contributed by atoms with Crippen LogP contribution in [0.25, 0.3) is 0 Å². The molecule has 1 aliphatic heterocycles. The lowest BCUT2D eigenvalue weighted by Crippen LogP contribution is -2.41. The number of piperidine rings is 1. The standard InChI is InChI=1S/C19H22F3N3O/c1-4-5-14(2)24-17(26)13-18(3)7-10-25(11-8-18)15-6-9-23-16(12-15)19(20,21)22/h6,9,12H,1,7-8,10-11,13H2,2-3H3,(H,24,26). The van der Waals surface area contributed by atoms with Gasteiger partial charge in [-0.2, -0.15) is 13.2 Å². The SMILES string of the molecule is C=C=C=C(C)NC(=O)CC1(C)CCN(c2ccnc(C(F)(F)F)c2)CC1. The summed E-state index contributed by atoms with van der Waals surface area (Å²) < 4.78 is 38.5. The number of anilines is 1. The molecule has 1 amide bonds. The number of carbonyl (C=O) groups excluding carboxylic acids is 1. The molecular weight excluding hydrogens is 343 g/mol. The van der Waals surface area contributed by atoms with Gasteiger partial charge in [0.1, 0.15) is 5.69 Å². The highest BCUT2D eigenvalue weighted by molar-refractivity contribution is 5.78. The first kappa shape index (κ1) is 19.8. The number of halogens is 3. The van der Waals surface area contributed by atoms with Gasteiger partial charge < -0.3 is 10.2 Å². The summed E-state index contributed by atoms with van der Waals surface area (Å²) >= 11 is 0. The van der Waals surface area contributed by atoms with Crippen molar-refractivity contribution < 1.29 is 18.0 Å². The minimum Gasteiger partial charge on any atom is -0.371 e. The number of hydrogen-bond donors (Lipinski definition) is 1. The molecule has 2 heterocycles. The van der Waals surface area contributed by atoms with E-state index in [2.05, 4.69) is 28.3 Å². The average molecular weight is 365 g/mol. The van der Waals surface area contributed by atoms with Crippen LogP contribution in [0.5, 0.6) is 0 Å². The van der Waals surface area contributed by atoms with Gasteiger partial charge in [-0.25, -0.2) is 0 Å². The van der Waals surface area contributed by atoms with Gasteiger partial charge in [0.2, 0.25) is 5.91 Å². The minimum absolute atomic E-state index is 0.107. The third kappa shape index (κ3) is 5.25. The molecule has 0 aliphatic carbocycles. The van der Waals surface area contributed by atoms with Crippen molar-refractivity contribution in [2.45, 2.75) is 39.3 Å². The van der Waals surface area contributed by atoms with E-state index in [9.17, 15) is 18.0 Å². The van der Waals surface area contributed by atoms with Crippen LogP contribution < -0.4 is 10.2 Å². The van der Waals surface area contributed by atoms with Crippen LogP contribution in [0.3, 0.4) is 0 Å². The summed E-state index contributed by atoms with van der Waals surface area (Å²) in [5.74, 6) is -0.107. The van der Waals surface area contributed by atoms with Gasteiger partial charge in [0, 0.05) is 31.4 Å². The van der Waals surface area contributed by atoms with E-state index in [1.165, 1.54) is 6.20 Å². The van der Waals surface area contributed by atoms with Crippen molar-refractivity contribution >= 4 is 11.6 Å². The van der Waals surface area contributed by atoms with E-state index in [1.54, 1.807) is 13.0 Å². The molecule has 0 atom stereocenters. The molecule has 140 valence electrons. The Morgan fingerprint density at radius 1 is 1.42 bits per heavy atom. The summed E-state index contributed by atoms with van der Waals surface area (Å²) in [5.41, 5.74) is 5.15. The van der Waals surface area contributed by atoms with Crippen LogP contribution in [0, 0.1) is 5.41 Å². The monoisotopic (exact) mass is 365 g/mol. The molecule has 7 heteroatoms. The number of hydrogen-bond acceptors (Lipinski definition) is 3. The third-order valence-electron chi connectivity index (χ3n) is 4.56. The molecule has 1 N–H and O–H groups in total. The van der Waals surface area contributed by atoms with Gasteiger partial charge >= 0.3 is 6.18 Å². The van der Waals surface area contributed by atoms with E-state index in [1.807, 2.05) is 11.8 Å². The van der Waals surface area contributed by atoms with Crippen molar-refractivity contribution in [3.05, 3.63) is 47.8 Å². The van der Waals surface area contributed by atoms with Crippen LogP contribution in [-0.4, -0.2) is 24.0 Å². The van der Waals surface area contributed by atoms with Crippen LogP contribution >= 0.6 is 0 Å². The lowest BCUT2D eigenvalue weighted by molar-refractivity contribution is -0.141. The Morgan fingerprint density at radius 3 is 2.65 bits per heavy atom. The fourth-order valence-electron chi connectivity index (χ4n) is 3.06. The molecule has 1 fully saturated rings. The molecule has 0 saturated carbocycles. The minimum atomic E-state index is -4.45. The smallest absolute Gasteiger partial charge is 0.371 e. The summed E-state index contributed by atoms with van der Waals surface area (Å²) in [6.07, 6.45) is -1.50. The number of rotatable bonds is 4. The molecule has 0 spiro atoms. The number of allylic oxidation sites excluding steroid dienone is 1. The van der Waals surface area contributed by atoms with Crippen molar-refractivity contribution in [3.63, 3.8) is 0 Å². The number of pyridine rings is 1. The normalized spacial score (nSPS) is 16.4. The van der Waals surface area contributed by atoms with Crippen molar-refractivity contribution in [1.29, 1.82) is 0 Å². The predicted octanol–water partition coefficient (Wildman–Crippen LogP) is 4.06. The summed E-state index contributed by atoms with van der Waals surface area (Å²) in [4.78, 5) is 17.4. The maximum absolute atomic E-state index is 12.8. The summed E-state index contributed by atoms with van der Waals surface area (Å²) in [7, 11) is 0. The van der Waals surface area contributed by atoms with E-state index in [0.29, 0.717) is 43.7 Å². The number of nitrogens with one attached hydrogen (secondary N) is 1. The Labute approximate surface area is 151 Å². The van der Waals surface area contributed by atoms with Crippen molar-refractivity contribution in [1.82, 2.24) is 10.3 Å². The van der Waals surface area contributed by atoms with Gasteiger partial charge in [0.05, 0.1) is 5.70 Å². The number of carbonyl (C=O) groups is 1. The third-order valence-corrected chi connectivity index (χ3v) is 4.56. The first-order valence-electron chi connectivity index (χ1n) is 8.33. The lowest BCUT2D eigenvalue weighted by atomic mass is 9.77. The molecule has 1 aromatic heterocycles. The number of amides is 1. The largest absolute Gasteiger partial charge is 0.433 e. The second kappa shape index (κ2) is 7.81. The Bertz CT molecular complexity index is 752. The highest BCUT2D eigenvalue weighted by Crippen LogP contribution is 2.37. The van der Waals surface area contributed by atoms with Crippen LogP contribution in [0.2, 0.25) is 0 Å². The summed E-state index contributed by atoms with van der Waals surface area (Å²) in [6, 6.07) is 2.66. The Hall–Kier alpha value is -2.49. The fourth-order valence-corrected chi connectivity index (χ4v) is 3.06. The van der Waals surface area contributed by atoms with E-state index in [0.717, 1.165) is 6.07 Å². The average Bonchev–Trinajstić information content (AvgIpc) is 2.54. The molecule has 1 aromatic rings. The van der Waals surface area contributed by atoms with Gasteiger partial charge in [-0.3, -0.25) is 9.78 Å². The maximum Gasteiger partial charge on any atom is 0.433 e. The van der Waals surface area contributed by atoms with Crippen molar-refractivity contribution in [3.8, 4) is 0 Å². The Kier molecular flexibility index (Phi) is 5.96. The number of nitrogens with zero attached hydrogens (tertiary/aromatic N) is 2. The molecule has 4 nitrogen and oxygen atoms in total. The first-order chi connectivity index (χ1) is 12.1. The summed E-state index contributed by atoms with van der Waals surface area (Å²) in [5, 5.41) is 2.74. The highest BCUT2D eigenvalue weighted by Gasteiger charge is 2.35. The van der Waals surface area contributed by atoms with E-state index >= 15 is 0 Å². The molecule has 0 radical (unpaired) electrons. The van der Waals surface area contributed by atoms with E-state index in [4.69, 9.17) is 0 Å². The van der Waals surface area contributed by atoms with E-state index in [-0.39, 0.29) is 11.3 Å². The van der Waals surface area contributed by atoms with Gasteiger partial charge in [0.15, 0.2) is 0 Å². The Balaban J connectivity index is 1.99. The molecule has 0 unspecified atom stereocenters. The second-order valence-electron chi connectivity index (χ2n) is 6.85. The maximum atomic E-state index is 12.8. The zero-order valence-corrected chi connectivity index (χ0v) is 14.9. The Morgan fingerprint density at radius 2 is 2.08 bits per heavy atom. The van der Waals surface area contributed by atoms with Gasteiger partial charge in [-0.05, 0) is 49.6 Å². The molecule has 1 aliphatic rings. The number of alkyl halides is 3. The van der Waals surface area contributed by atoms with Gasteiger partial charge in [-0.1, -0.05) is 12.7 Å². The van der Waals surface area contributed by atoms with E-state index < -0.39 is 11.9 Å². The topological polar surface area (TPSA) is 45.2 Å². The van der Waals surface area contributed by atoms with Crippen LogP contribution in [0.4, 0.5) is 18.9 Å². The first-order valence-corrected chi connectivity index (χ1v) is 8.33. The fraction of sp³-hybridized carbons (Fsp3) is 0.474. The van der Waals surface area contributed by atoms with Crippen molar-refractivity contribution in [2.75, 3.05) is 18.0 Å². The van der Waals surface area contributed by atoms with Gasteiger partial charge in [0.25, 0.3) is 0 Å². The zero-order valence-electron chi connectivity index (χ0n) is 14.9. The van der Waals surface area contributed by atoms with Crippen LogP contribution in [0.1, 0.15) is 38.8 Å². The number of aromatic nitrogens is 1. The molecule has 26 heavy (non-hydrogen) atoms. The highest BCUT2D eigenvalue weighted by atomic mass is 19.4. The molecular formula is C19H22F3N3O. The zero-order chi connectivity index (χ0) is 19.4. The van der Waals surface area contributed by atoms with Crippen molar-refractivity contribution in [2.24, 2.45) is 5.41 Å². The molecule has 0 bridgehead atoms. The molecule has 0 aromatic carbocycles. The van der Waals surface area contributed by atoms with Crippen LogP contribution in [0.15, 0.2) is 42.1 Å². The molecule has 1 saturated heterocycles. The second-order valence-corrected chi connectivity index (χ2v) is 6.85. The molecule has 2 rings (SSSR count). The van der Waals surface area contributed by atoms with Gasteiger partial charge in [-0.15, -0.1) is 0 Å². The van der Waals surface area contributed by atoms with Crippen LogP contribution in [-0.2, 0) is 11.0 Å². The quantitative estimate of drug-likeness (QED) is 0.819. The predicted molar refractivity (Wildman–Crippen MR) is 93.4 cm³/mol. The summed E-state index contributed by atoms with van der Waals surface area (Å²) in [6.45, 7) is 8.33.